The summed E-state index contributed by atoms with van der Waals surface area (Å²) in [6.07, 6.45) is 3.76. The summed E-state index contributed by atoms with van der Waals surface area (Å²) in [6.45, 7) is 3.51. The first-order chi connectivity index (χ1) is 19.0. The Labute approximate surface area is 232 Å². The standard InChI is InChI=1S/C26H39N9O5/c1-15(2)21(25(39)40)35-23(37)19(9-6-10-31-26(28)29)33-24(38)20(11-16-7-4-3-5-8-16)34-22(36)18(27)12-17-13-30-14-32-17/h3-5,7-8,13-15,18-21H,6,9-12,27H2,1-2H3,(H,30,32)(H,33,38)(H,34,36)(H,35,37)(H,39,40)(H4,28,29,31). The summed E-state index contributed by atoms with van der Waals surface area (Å²) in [6, 6.07) is 4.71. The van der Waals surface area contributed by atoms with Crippen molar-refractivity contribution < 1.29 is 24.3 Å². The molecule has 1 aromatic carbocycles. The number of aromatic nitrogens is 2. The van der Waals surface area contributed by atoms with Gasteiger partial charge in [-0.1, -0.05) is 44.2 Å². The lowest BCUT2D eigenvalue weighted by atomic mass is 10.0. The molecule has 1 aromatic heterocycles. The number of H-pyrrole nitrogens is 1. The minimum atomic E-state index is -1.20. The van der Waals surface area contributed by atoms with Crippen LogP contribution < -0.4 is 33.2 Å². The van der Waals surface area contributed by atoms with Crippen LogP contribution in [0.2, 0.25) is 0 Å². The lowest BCUT2D eigenvalue weighted by Crippen LogP contribution is -2.58. The number of carbonyl (C=O) groups is 4. The topological polar surface area (TPSA) is 244 Å². The van der Waals surface area contributed by atoms with Crippen LogP contribution in [0.3, 0.4) is 0 Å². The monoisotopic (exact) mass is 557 g/mol. The molecule has 14 heteroatoms. The molecule has 14 nitrogen and oxygen atoms in total. The van der Waals surface area contributed by atoms with Gasteiger partial charge in [-0.25, -0.2) is 9.78 Å². The lowest BCUT2D eigenvalue weighted by molar-refractivity contribution is -0.143. The number of nitrogens with zero attached hydrogens (tertiary/aromatic N) is 2. The number of aromatic amines is 1. The van der Waals surface area contributed by atoms with E-state index in [4.69, 9.17) is 17.2 Å². The number of carboxylic acid groups (broad SMARTS) is 1. The molecule has 11 N–H and O–H groups in total. The van der Waals surface area contributed by atoms with Gasteiger partial charge in [-0.2, -0.15) is 0 Å². The normalized spacial score (nSPS) is 13.9. The van der Waals surface area contributed by atoms with Crippen molar-refractivity contribution in [3.8, 4) is 0 Å². The van der Waals surface area contributed by atoms with E-state index < -0.39 is 53.8 Å². The van der Waals surface area contributed by atoms with Crippen LogP contribution in [-0.2, 0) is 32.0 Å². The van der Waals surface area contributed by atoms with Crippen molar-refractivity contribution in [3.05, 3.63) is 54.1 Å². The first-order valence-corrected chi connectivity index (χ1v) is 12.9. The van der Waals surface area contributed by atoms with Crippen molar-refractivity contribution in [2.45, 2.75) is 63.7 Å². The predicted molar refractivity (Wildman–Crippen MR) is 149 cm³/mol. The van der Waals surface area contributed by atoms with Gasteiger partial charge in [0.2, 0.25) is 17.7 Å². The number of aliphatic carboxylic acids is 1. The Balaban J connectivity index is 2.22. The van der Waals surface area contributed by atoms with Crippen molar-refractivity contribution in [2.75, 3.05) is 6.54 Å². The van der Waals surface area contributed by atoms with Crippen molar-refractivity contribution in [1.29, 1.82) is 0 Å². The second kappa shape index (κ2) is 15.8. The fourth-order valence-corrected chi connectivity index (χ4v) is 3.88. The highest BCUT2D eigenvalue weighted by Gasteiger charge is 2.31. The summed E-state index contributed by atoms with van der Waals surface area (Å²) in [7, 11) is 0. The molecule has 2 rings (SSSR count). The van der Waals surface area contributed by atoms with Crippen LogP contribution in [0.1, 0.15) is 37.9 Å². The molecule has 218 valence electrons. The molecule has 0 aliphatic carbocycles. The summed E-state index contributed by atoms with van der Waals surface area (Å²) in [5.74, 6) is -3.60. The van der Waals surface area contributed by atoms with E-state index in [-0.39, 0.29) is 31.8 Å². The van der Waals surface area contributed by atoms with E-state index in [0.29, 0.717) is 12.1 Å². The fraction of sp³-hybridized carbons (Fsp3) is 0.462. The molecule has 0 aliphatic rings. The van der Waals surface area contributed by atoms with Crippen LogP contribution in [0.5, 0.6) is 0 Å². The Hall–Kier alpha value is -4.46. The zero-order valence-corrected chi connectivity index (χ0v) is 22.7. The van der Waals surface area contributed by atoms with Gasteiger partial charge < -0.3 is 43.2 Å². The van der Waals surface area contributed by atoms with Gasteiger partial charge in [-0.3, -0.25) is 19.4 Å². The number of imidazole rings is 1. The Morgan fingerprint density at radius 2 is 1.62 bits per heavy atom. The average Bonchev–Trinajstić information content (AvgIpc) is 3.41. The zero-order chi connectivity index (χ0) is 29.7. The number of amides is 3. The van der Waals surface area contributed by atoms with Gasteiger partial charge >= 0.3 is 5.97 Å². The molecule has 0 saturated carbocycles. The predicted octanol–water partition coefficient (Wildman–Crippen LogP) is -1.23. The summed E-state index contributed by atoms with van der Waals surface area (Å²) in [5.41, 5.74) is 18.2. The maximum absolute atomic E-state index is 13.5. The second-order valence-corrected chi connectivity index (χ2v) is 9.72. The number of nitrogens with one attached hydrogen (secondary N) is 4. The molecule has 3 amide bonds. The van der Waals surface area contributed by atoms with E-state index in [9.17, 15) is 24.3 Å². The number of nitrogens with two attached hydrogens (primary N) is 3. The van der Waals surface area contributed by atoms with E-state index >= 15 is 0 Å². The molecule has 0 fully saturated rings. The van der Waals surface area contributed by atoms with Crippen LogP contribution >= 0.6 is 0 Å². The molecule has 2 aromatic rings. The smallest absolute Gasteiger partial charge is 0.326 e. The third-order valence-corrected chi connectivity index (χ3v) is 6.06. The Morgan fingerprint density at radius 3 is 2.20 bits per heavy atom. The number of guanidine groups is 1. The molecule has 0 saturated heterocycles. The number of aliphatic imine (C=N–C) groups is 1. The Morgan fingerprint density at radius 1 is 0.975 bits per heavy atom. The molecule has 0 aliphatic heterocycles. The minimum absolute atomic E-state index is 0.115. The molecule has 0 spiro atoms. The van der Waals surface area contributed by atoms with Gasteiger partial charge in [0.1, 0.15) is 18.1 Å². The van der Waals surface area contributed by atoms with Crippen LogP contribution in [0.4, 0.5) is 0 Å². The molecule has 4 unspecified atom stereocenters. The molecular formula is C26H39N9O5. The van der Waals surface area contributed by atoms with Crippen molar-refractivity contribution in [3.63, 3.8) is 0 Å². The quantitative estimate of drug-likeness (QED) is 0.0698. The molecule has 0 bridgehead atoms. The lowest BCUT2D eigenvalue weighted by Gasteiger charge is -2.26. The van der Waals surface area contributed by atoms with E-state index in [1.54, 1.807) is 44.3 Å². The van der Waals surface area contributed by atoms with Gasteiger partial charge in [0.15, 0.2) is 5.96 Å². The van der Waals surface area contributed by atoms with E-state index in [1.165, 1.54) is 6.33 Å². The Bertz CT molecular complexity index is 1130. The van der Waals surface area contributed by atoms with Gasteiger partial charge in [0.25, 0.3) is 0 Å². The van der Waals surface area contributed by atoms with Crippen LogP contribution in [0, 0.1) is 5.92 Å². The van der Waals surface area contributed by atoms with Gasteiger partial charge in [0, 0.05) is 31.3 Å². The maximum atomic E-state index is 13.5. The molecular weight excluding hydrogens is 518 g/mol. The highest BCUT2D eigenvalue weighted by Crippen LogP contribution is 2.08. The third kappa shape index (κ3) is 10.7. The number of rotatable bonds is 16. The second-order valence-electron chi connectivity index (χ2n) is 9.72. The number of carbonyl (C=O) groups excluding carboxylic acids is 3. The largest absolute Gasteiger partial charge is 0.480 e. The molecule has 40 heavy (non-hydrogen) atoms. The third-order valence-electron chi connectivity index (χ3n) is 6.06. The minimum Gasteiger partial charge on any atom is -0.480 e. The number of carboxylic acids is 1. The SMILES string of the molecule is CC(C)C(NC(=O)C(CCCN=C(N)N)NC(=O)C(Cc1ccccc1)NC(=O)C(N)Cc1cnc[nH]1)C(=O)O. The summed E-state index contributed by atoms with van der Waals surface area (Å²) in [4.78, 5) is 61.9. The average molecular weight is 558 g/mol. The van der Waals surface area contributed by atoms with Crippen molar-refractivity contribution in [2.24, 2.45) is 28.1 Å². The van der Waals surface area contributed by atoms with E-state index in [2.05, 4.69) is 30.9 Å². The number of benzene rings is 1. The molecule has 4 atom stereocenters. The highest BCUT2D eigenvalue weighted by atomic mass is 16.4. The number of hydrogen-bond donors (Lipinski definition) is 8. The zero-order valence-electron chi connectivity index (χ0n) is 22.7. The first-order valence-electron chi connectivity index (χ1n) is 12.9. The van der Waals surface area contributed by atoms with Crippen molar-refractivity contribution in [1.82, 2.24) is 25.9 Å². The van der Waals surface area contributed by atoms with Gasteiger partial charge in [-0.05, 0) is 24.3 Å². The van der Waals surface area contributed by atoms with E-state index in [1.807, 2.05) is 6.07 Å². The van der Waals surface area contributed by atoms with Crippen molar-refractivity contribution >= 4 is 29.7 Å². The summed E-state index contributed by atoms with van der Waals surface area (Å²) in [5, 5.41) is 17.4. The maximum Gasteiger partial charge on any atom is 0.326 e. The first kappa shape index (κ1) is 31.8. The number of hydrogen-bond acceptors (Lipinski definition) is 7. The van der Waals surface area contributed by atoms with Crippen LogP contribution in [0.25, 0.3) is 0 Å². The highest BCUT2D eigenvalue weighted by molar-refractivity contribution is 5.94. The van der Waals surface area contributed by atoms with Gasteiger partial charge in [0.05, 0.1) is 12.4 Å². The molecule has 1 heterocycles. The molecule has 0 radical (unpaired) electrons. The fourth-order valence-electron chi connectivity index (χ4n) is 3.88. The Kier molecular flexibility index (Phi) is 12.6. The summed E-state index contributed by atoms with van der Waals surface area (Å²) < 4.78 is 0. The van der Waals surface area contributed by atoms with Crippen LogP contribution in [-0.4, -0.2) is 75.4 Å². The summed E-state index contributed by atoms with van der Waals surface area (Å²) >= 11 is 0. The van der Waals surface area contributed by atoms with Gasteiger partial charge in [-0.15, -0.1) is 0 Å². The van der Waals surface area contributed by atoms with E-state index in [0.717, 1.165) is 5.56 Å². The van der Waals surface area contributed by atoms with Crippen LogP contribution in [0.15, 0.2) is 47.8 Å².